The summed E-state index contributed by atoms with van der Waals surface area (Å²) < 4.78 is 10.3. The topological polar surface area (TPSA) is 134 Å². The normalized spacial score (nSPS) is 16.7. The third-order valence-electron chi connectivity index (χ3n) is 5.44. The molecule has 1 fully saturated rings. The summed E-state index contributed by atoms with van der Waals surface area (Å²) in [7, 11) is 0. The third kappa shape index (κ3) is 4.13. The molecule has 1 atom stereocenters. The van der Waals surface area contributed by atoms with Crippen molar-refractivity contribution in [2.24, 2.45) is 5.73 Å². The van der Waals surface area contributed by atoms with E-state index in [1.54, 1.807) is 6.07 Å². The summed E-state index contributed by atoms with van der Waals surface area (Å²) in [6.45, 7) is 0.891. The number of hydrogen-bond acceptors (Lipinski definition) is 6. The van der Waals surface area contributed by atoms with E-state index in [4.69, 9.17) is 14.9 Å². The van der Waals surface area contributed by atoms with Crippen LogP contribution in [-0.4, -0.2) is 35.7 Å². The molecule has 1 saturated heterocycles. The maximum atomic E-state index is 12.6. The quantitative estimate of drug-likeness (QED) is 0.592. The van der Waals surface area contributed by atoms with Crippen molar-refractivity contribution in [1.29, 1.82) is 5.26 Å². The van der Waals surface area contributed by atoms with E-state index in [-0.39, 0.29) is 5.91 Å². The van der Waals surface area contributed by atoms with Crippen LogP contribution in [0.3, 0.4) is 0 Å². The number of nitrogens with zero attached hydrogens (tertiary/aromatic N) is 1. The summed E-state index contributed by atoms with van der Waals surface area (Å²) >= 11 is 0. The van der Waals surface area contributed by atoms with Gasteiger partial charge in [0.15, 0.2) is 5.58 Å². The molecule has 3 aromatic rings. The number of nitrogens with one attached hydrogen (secondary N) is 2. The van der Waals surface area contributed by atoms with Crippen LogP contribution >= 0.6 is 0 Å². The number of carbonyl (C=O) groups is 1. The highest BCUT2D eigenvalue weighted by atomic mass is 16.5. The molecular formula is C22H22N4O4. The first-order valence-corrected chi connectivity index (χ1v) is 9.76. The number of fused-ring (bicyclic) bond motifs is 1. The Morgan fingerprint density at radius 1 is 1.20 bits per heavy atom. The smallest absolute Gasteiger partial charge is 0.408 e. The van der Waals surface area contributed by atoms with Gasteiger partial charge in [0.2, 0.25) is 5.91 Å². The van der Waals surface area contributed by atoms with Crippen LogP contribution in [0, 0.1) is 11.3 Å². The van der Waals surface area contributed by atoms with Crippen LogP contribution < -0.4 is 16.8 Å². The molecule has 8 nitrogen and oxygen atoms in total. The molecule has 1 amide bonds. The highest BCUT2D eigenvalue weighted by Gasteiger charge is 2.36. The lowest BCUT2D eigenvalue weighted by Crippen LogP contribution is -2.58. The molecule has 0 unspecified atom stereocenters. The second-order valence-corrected chi connectivity index (χ2v) is 7.55. The minimum absolute atomic E-state index is 0.309. The predicted molar refractivity (Wildman–Crippen MR) is 110 cm³/mol. The van der Waals surface area contributed by atoms with Gasteiger partial charge in [0.1, 0.15) is 6.04 Å². The van der Waals surface area contributed by atoms with E-state index in [0.29, 0.717) is 43.6 Å². The van der Waals surface area contributed by atoms with Crippen LogP contribution in [0.25, 0.3) is 22.2 Å². The molecule has 2 aromatic carbocycles. The number of oxazole rings is 1. The number of nitrogens with two attached hydrogens (primary N) is 1. The Bertz CT molecular complexity index is 1150. The second kappa shape index (κ2) is 8.14. The Balaban J connectivity index is 1.44. The van der Waals surface area contributed by atoms with Crippen LogP contribution in [0.15, 0.2) is 51.7 Å². The molecule has 8 heteroatoms. The van der Waals surface area contributed by atoms with Gasteiger partial charge in [0.05, 0.1) is 17.1 Å². The molecule has 154 valence electrons. The van der Waals surface area contributed by atoms with Gasteiger partial charge in [-0.3, -0.25) is 9.78 Å². The maximum Gasteiger partial charge on any atom is 0.417 e. The van der Waals surface area contributed by atoms with Crippen molar-refractivity contribution in [3.63, 3.8) is 0 Å². The predicted octanol–water partition coefficient (Wildman–Crippen LogP) is 1.85. The molecule has 1 aliphatic rings. The van der Waals surface area contributed by atoms with Crippen molar-refractivity contribution < 1.29 is 13.9 Å². The van der Waals surface area contributed by atoms with Crippen LogP contribution in [0.5, 0.6) is 0 Å². The molecule has 0 bridgehead atoms. The highest BCUT2D eigenvalue weighted by molar-refractivity contribution is 5.86. The van der Waals surface area contributed by atoms with Crippen molar-refractivity contribution in [2.45, 2.75) is 30.8 Å². The Kier molecular flexibility index (Phi) is 5.40. The number of rotatable bonds is 5. The van der Waals surface area contributed by atoms with Gasteiger partial charge in [-0.1, -0.05) is 30.3 Å². The summed E-state index contributed by atoms with van der Waals surface area (Å²) in [5.74, 6) is -0.793. The zero-order valence-electron chi connectivity index (χ0n) is 16.3. The van der Waals surface area contributed by atoms with E-state index < -0.39 is 17.3 Å². The lowest BCUT2D eigenvalue weighted by molar-refractivity contribution is -0.130. The number of ether oxygens (including phenoxy) is 1. The molecule has 0 aliphatic carbocycles. The molecule has 4 rings (SSSR count). The molecule has 1 aliphatic heterocycles. The molecule has 4 N–H and O–H groups in total. The fourth-order valence-corrected chi connectivity index (χ4v) is 3.59. The number of carbonyl (C=O) groups excluding carboxylic acids is 1. The minimum Gasteiger partial charge on any atom is -0.408 e. The summed E-state index contributed by atoms with van der Waals surface area (Å²) in [6, 6.07) is 14.7. The first-order valence-electron chi connectivity index (χ1n) is 9.76. The van der Waals surface area contributed by atoms with Crippen molar-refractivity contribution >= 4 is 17.0 Å². The molecule has 0 saturated carbocycles. The lowest BCUT2D eigenvalue weighted by atomic mass is 9.90. The number of aromatic nitrogens is 1. The van der Waals surface area contributed by atoms with Gasteiger partial charge in [-0.2, -0.15) is 5.26 Å². The molecule has 30 heavy (non-hydrogen) atoms. The minimum atomic E-state index is -0.982. The van der Waals surface area contributed by atoms with Crippen LogP contribution in [0.4, 0.5) is 0 Å². The maximum absolute atomic E-state index is 12.6. The Morgan fingerprint density at radius 3 is 2.60 bits per heavy atom. The zero-order valence-corrected chi connectivity index (χ0v) is 16.3. The van der Waals surface area contributed by atoms with E-state index in [1.807, 2.05) is 36.4 Å². The zero-order chi connectivity index (χ0) is 21.1. The number of hydrogen-bond donors (Lipinski definition) is 3. The average molecular weight is 406 g/mol. The Labute approximate surface area is 172 Å². The number of aromatic amines is 1. The molecule has 0 radical (unpaired) electrons. The third-order valence-corrected chi connectivity index (χ3v) is 5.44. The average Bonchev–Trinajstić information content (AvgIpc) is 3.13. The molecular weight excluding hydrogens is 384 g/mol. The number of benzene rings is 2. The summed E-state index contributed by atoms with van der Waals surface area (Å²) in [5.41, 5.74) is 9.17. The second-order valence-electron chi connectivity index (χ2n) is 7.55. The van der Waals surface area contributed by atoms with E-state index >= 15 is 0 Å². The lowest BCUT2D eigenvalue weighted by Gasteiger charge is -2.32. The van der Waals surface area contributed by atoms with Gasteiger partial charge < -0.3 is 20.2 Å². The van der Waals surface area contributed by atoms with Gasteiger partial charge in [-0.15, -0.1) is 0 Å². The van der Waals surface area contributed by atoms with Gasteiger partial charge >= 0.3 is 5.76 Å². The number of amides is 1. The van der Waals surface area contributed by atoms with E-state index in [1.165, 1.54) is 0 Å². The van der Waals surface area contributed by atoms with E-state index in [0.717, 1.165) is 16.7 Å². The summed E-state index contributed by atoms with van der Waals surface area (Å²) in [4.78, 5) is 26.5. The SMILES string of the molecule is N#C[C@H](Cc1ccc(-c2ccc3oc(=O)[nH]c3c2)cc1)NC(=O)C1(N)CCOCC1. The van der Waals surface area contributed by atoms with Crippen LogP contribution in [0.2, 0.25) is 0 Å². The van der Waals surface area contributed by atoms with Crippen LogP contribution in [0.1, 0.15) is 18.4 Å². The van der Waals surface area contributed by atoms with Gasteiger partial charge in [-0.05, 0) is 41.7 Å². The van der Waals surface area contributed by atoms with Crippen molar-refractivity contribution in [2.75, 3.05) is 13.2 Å². The number of H-pyrrole nitrogens is 1. The molecule has 1 aromatic heterocycles. The first-order chi connectivity index (χ1) is 14.5. The van der Waals surface area contributed by atoms with Gasteiger partial charge in [0, 0.05) is 19.6 Å². The first kappa shape index (κ1) is 19.9. The fraction of sp³-hybridized carbons (Fsp3) is 0.318. The largest absolute Gasteiger partial charge is 0.417 e. The van der Waals surface area contributed by atoms with Gasteiger partial charge in [-0.25, -0.2) is 4.79 Å². The number of nitriles is 1. The van der Waals surface area contributed by atoms with Gasteiger partial charge in [0.25, 0.3) is 0 Å². The highest BCUT2D eigenvalue weighted by Crippen LogP contribution is 2.24. The summed E-state index contributed by atoms with van der Waals surface area (Å²) in [5, 5.41) is 12.3. The molecule has 2 heterocycles. The standard InChI is InChI=1S/C22H22N4O4/c23-13-17(25-20(27)22(24)7-9-29-10-8-22)11-14-1-3-15(4-2-14)16-5-6-19-18(12-16)26-21(28)30-19/h1-6,12,17H,7-11,24H2,(H,25,27)(H,26,28)/t17-/m0/s1. The fourth-order valence-electron chi connectivity index (χ4n) is 3.59. The van der Waals surface area contributed by atoms with Crippen LogP contribution in [-0.2, 0) is 16.0 Å². The van der Waals surface area contributed by atoms with Crippen molar-refractivity contribution in [1.82, 2.24) is 10.3 Å². The van der Waals surface area contributed by atoms with E-state index in [9.17, 15) is 14.9 Å². The Hall–Kier alpha value is -3.41. The monoisotopic (exact) mass is 406 g/mol. The van der Waals surface area contributed by atoms with E-state index in [2.05, 4.69) is 16.4 Å². The molecule has 0 spiro atoms. The Morgan fingerprint density at radius 2 is 1.90 bits per heavy atom. The van der Waals surface area contributed by atoms with Crippen molar-refractivity contribution in [3.05, 3.63) is 58.6 Å². The summed E-state index contributed by atoms with van der Waals surface area (Å²) in [6.07, 6.45) is 1.26. The van der Waals surface area contributed by atoms with Crippen molar-refractivity contribution in [3.8, 4) is 17.2 Å².